The summed E-state index contributed by atoms with van der Waals surface area (Å²) < 4.78 is 38.9. The van der Waals surface area contributed by atoms with Crippen molar-refractivity contribution in [2.75, 3.05) is 6.54 Å². The van der Waals surface area contributed by atoms with Gasteiger partial charge in [-0.3, -0.25) is 9.79 Å². The summed E-state index contributed by atoms with van der Waals surface area (Å²) in [6.45, 7) is 3.59. The molecule has 210 valence electrons. The monoisotopic (exact) mass is 568 g/mol. The van der Waals surface area contributed by atoms with Crippen LogP contribution >= 0.6 is 11.8 Å². The van der Waals surface area contributed by atoms with Crippen LogP contribution in [0.1, 0.15) is 60.5 Å². The third kappa shape index (κ3) is 6.78. The molecule has 1 amide bonds. The third-order valence-electron chi connectivity index (χ3n) is 6.88. The fraction of sp³-hybridized carbons (Fsp3) is 0.367. The first-order chi connectivity index (χ1) is 19.1. The molecule has 10 heteroatoms. The summed E-state index contributed by atoms with van der Waals surface area (Å²) in [7, 11) is 0. The van der Waals surface area contributed by atoms with E-state index in [9.17, 15) is 23.1 Å². The summed E-state index contributed by atoms with van der Waals surface area (Å²) in [4.78, 5) is 17.7. The molecule has 2 aromatic carbocycles. The maximum absolute atomic E-state index is 13.0. The van der Waals surface area contributed by atoms with Crippen LogP contribution in [0, 0.1) is 12.8 Å². The second-order valence-corrected chi connectivity index (χ2v) is 11.5. The molecule has 0 saturated heterocycles. The van der Waals surface area contributed by atoms with Crippen molar-refractivity contribution in [2.24, 2.45) is 16.0 Å². The van der Waals surface area contributed by atoms with Gasteiger partial charge < -0.3 is 10.4 Å². The molecule has 2 heterocycles. The molecule has 2 aromatic rings. The summed E-state index contributed by atoms with van der Waals surface area (Å²) in [5.41, 5.74) is 4.23. The maximum Gasteiger partial charge on any atom is 0.390 e. The number of hydrazone groups is 1. The molecule has 3 aliphatic rings. The minimum atomic E-state index is -4.30. The largest absolute Gasteiger partial charge is 0.507 e. The average molecular weight is 569 g/mol. The van der Waals surface area contributed by atoms with Crippen LogP contribution in [-0.4, -0.2) is 45.5 Å². The number of hydrogen-bond donors (Lipinski definition) is 2. The number of allylic oxidation sites excluding steroid dienone is 3. The Morgan fingerprint density at radius 1 is 1.20 bits per heavy atom. The molecule has 2 aliphatic heterocycles. The highest BCUT2D eigenvalue weighted by molar-refractivity contribution is 8.14. The number of aromatic hydroxyl groups is 1. The number of carbonyl (C=O) groups is 1. The second-order valence-electron chi connectivity index (χ2n) is 10.4. The van der Waals surface area contributed by atoms with Crippen LogP contribution in [0.3, 0.4) is 0 Å². The number of phenolic OH excluding ortho intramolecular Hbond substituents is 1. The molecule has 0 spiro atoms. The van der Waals surface area contributed by atoms with E-state index in [1.165, 1.54) is 11.8 Å². The smallest absolute Gasteiger partial charge is 0.390 e. The zero-order valence-corrected chi connectivity index (χ0v) is 23.1. The highest BCUT2D eigenvalue weighted by atomic mass is 32.2. The lowest BCUT2D eigenvalue weighted by Crippen LogP contribution is -2.29. The molecular formula is C30H31F3N4O2S. The second kappa shape index (κ2) is 11.5. The van der Waals surface area contributed by atoms with Gasteiger partial charge in [0.05, 0.1) is 28.4 Å². The molecule has 1 atom stereocenters. The van der Waals surface area contributed by atoms with E-state index in [-0.39, 0.29) is 36.6 Å². The first-order valence-electron chi connectivity index (χ1n) is 13.3. The van der Waals surface area contributed by atoms with Crippen LogP contribution in [0.25, 0.3) is 5.70 Å². The number of aliphatic imine (C=N–C) groups is 1. The lowest BCUT2D eigenvalue weighted by Gasteiger charge is -2.31. The van der Waals surface area contributed by atoms with Crippen molar-refractivity contribution in [3.05, 3.63) is 77.0 Å². The molecule has 40 heavy (non-hydrogen) atoms. The number of nitrogens with one attached hydrogen (secondary N) is 1. The molecule has 6 nitrogen and oxygen atoms in total. The molecule has 0 radical (unpaired) electrons. The van der Waals surface area contributed by atoms with Crippen LogP contribution in [0.4, 0.5) is 13.2 Å². The number of fused-ring (bicyclic) bond motifs is 1. The molecule has 1 unspecified atom stereocenters. The molecule has 1 saturated carbocycles. The van der Waals surface area contributed by atoms with Crippen molar-refractivity contribution in [3.8, 4) is 5.75 Å². The summed E-state index contributed by atoms with van der Waals surface area (Å²) in [6.07, 6.45) is 1.69. The predicted octanol–water partition coefficient (Wildman–Crippen LogP) is 7.06. The zero-order chi connectivity index (χ0) is 28.4. The van der Waals surface area contributed by atoms with Crippen LogP contribution in [0.5, 0.6) is 5.75 Å². The first-order valence-corrected chi connectivity index (χ1v) is 14.2. The Morgan fingerprint density at radius 2 is 1.98 bits per heavy atom. The minimum Gasteiger partial charge on any atom is -0.507 e. The van der Waals surface area contributed by atoms with Gasteiger partial charge in [0.15, 0.2) is 0 Å². The number of carbonyl (C=O) groups excluding carboxylic acids is 1. The zero-order valence-electron chi connectivity index (χ0n) is 22.3. The topological polar surface area (TPSA) is 77.3 Å². The Morgan fingerprint density at radius 3 is 2.67 bits per heavy atom. The van der Waals surface area contributed by atoms with E-state index < -0.39 is 12.6 Å². The van der Waals surface area contributed by atoms with E-state index in [1.54, 1.807) is 29.3 Å². The van der Waals surface area contributed by atoms with Crippen LogP contribution in [0.15, 0.2) is 75.3 Å². The summed E-state index contributed by atoms with van der Waals surface area (Å²) in [5, 5.41) is 20.6. The number of thioether (sulfide) groups is 1. The van der Waals surface area contributed by atoms with Crippen molar-refractivity contribution >= 4 is 34.1 Å². The summed E-state index contributed by atoms with van der Waals surface area (Å²) in [6, 6.07) is 12.8. The van der Waals surface area contributed by atoms with E-state index in [1.807, 2.05) is 31.2 Å². The maximum atomic E-state index is 13.0. The number of nitrogens with zero attached hydrogens (tertiary/aromatic N) is 3. The number of amides is 1. The summed E-state index contributed by atoms with van der Waals surface area (Å²) in [5.74, 6) is 0.141. The van der Waals surface area contributed by atoms with Gasteiger partial charge in [-0.2, -0.15) is 18.3 Å². The Labute approximate surface area is 235 Å². The van der Waals surface area contributed by atoms with Gasteiger partial charge in [0.2, 0.25) is 0 Å². The first kappa shape index (κ1) is 28.0. The van der Waals surface area contributed by atoms with E-state index >= 15 is 0 Å². The van der Waals surface area contributed by atoms with Crippen LogP contribution in [-0.2, 0) is 0 Å². The number of halogens is 3. The highest BCUT2D eigenvalue weighted by Gasteiger charge is 2.31. The van der Waals surface area contributed by atoms with Gasteiger partial charge in [-0.25, -0.2) is 5.01 Å². The van der Waals surface area contributed by atoms with Crippen molar-refractivity contribution in [3.63, 3.8) is 0 Å². The van der Waals surface area contributed by atoms with Gasteiger partial charge in [-0.15, -0.1) is 0 Å². The molecule has 2 N–H and O–H groups in total. The molecule has 0 aromatic heterocycles. The highest BCUT2D eigenvalue weighted by Crippen LogP contribution is 2.38. The SMILES string of the molecule is Cc1cc(C2=CC(C)CC=C3C(=NCCC(F)(F)F)CC(Sc4ccccc4O)=NN32)ccc1C(=O)NC1CC1. The number of benzene rings is 2. The Hall–Kier alpha value is -3.53. The van der Waals surface area contributed by atoms with Gasteiger partial charge in [0.1, 0.15) is 10.8 Å². The number of rotatable bonds is 6. The van der Waals surface area contributed by atoms with Gasteiger partial charge in [0.25, 0.3) is 5.91 Å². The van der Waals surface area contributed by atoms with Crippen molar-refractivity contribution in [1.29, 1.82) is 0 Å². The quantitative estimate of drug-likeness (QED) is 0.391. The van der Waals surface area contributed by atoms with E-state index in [2.05, 4.69) is 23.3 Å². The molecule has 5 rings (SSSR count). The minimum absolute atomic E-state index is 0.0909. The van der Waals surface area contributed by atoms with Crippen molar-refractivity contribution in [1.82, 2.24) is 10.3 Å². The van der Waals surface area contributed by atoms with Crippen molar-refractivity contribution < 1.29 is 23.1 Å². The number of hydrogen-bond acceptors (Lipinski definition) is 6. The van der Waals surface area contributed by atoms with E-state index in [0.717, 1.165) is 29.7 Å². The average Bonchev–Trinajstić information content (AvgIpc) is 3.72. The standard InChI is InChI=1S/C30H31F3N4O2S/c1-18-7-12-24-23(34-14-13-30(31,32)33)17-28(40-27-6-4-3-5-26(27)38)36-37(24)25(15-18)20-8-11-22(19(2)16-20)29(39)35-21-9-10-21/h3-6,8,11-12,15-16,18,21,38H,7,9-10,13-14,17H2,1-2H3,(H,35,39). The summed E-state index contributed by atoms with van der Waals surface area (Å²) >= 11 is 1.26. The lowest BCUT2D eigenvalue weighted by atomic mass is 10.00. The number of aryl methyl sites for hydroxylation is 1. The van der Waals surface area contributed by atoms with Crippen molar-refractivity contribution in [2.45, 2.75) is 63.1 Å². The molecule has 1 aliphatic carbocycles. The van der Waals surface area contributed by atoms with Crippen LogP contribution in [0.2, 0.25) is 0 Å². The van der Waals surface area contributed by atoms with Gasteiger partial charge >= 0.3 is 6.18 Å². The Bertz CT molecular complexity index is 1430. The third-order valence-corrected chi connectivity index (χ3v) is 7.90. The lowest BCUT2D eigenvalue weighted by molar-refractivity contribution is -0.132. The number of phenols is 1. The van der Waals surface area contributed by atoms with E-state index in [0.29, 0.717) is 33.3 Å². The normalized spacial score (nSPS) is 20.3. The van der Waals surface area contributed by atoms with E-state index in [4.69, 9.17) is 5.10 Å². The number of para-hydroxylation sites is 1. The fourth-order valence-electron chi connectivity index (χ4n) is 4.62. The molecule has 0 bridgehead atoms. The Kier molecular flexibility index (Phi) is 8.07. The number of alkyl halides is 3. The molecule has 1 fully saturated rings. The van der Waals surface area contributed by atoms with Gasteiger partial charge in [-0.05, 0) is 61.9 Å². The predicted molar refractivity (Wildman–Crippen MR) is 152 cm³/mol. The van der Waals surface area contributed by atoms with Crippen LogP contribution < -0.4 is 5.32 Å². The fourth-order valence-corrected chi connectivity index (χ4v) is 5.52. The van der Waals surface area contributed by atoms with Gasteiger partial charge in [-0.1, -0.05) is 49.0 Å². The Balaban J connectivity index is 1.53. The van der Waals surface area contributed by atoms with Gasteiger partial charge in [0, 0.05) is 30.1 Å². The molecular weight excluding hydrogens is 537 g/mol.